The Morgan fingerprint density at radius 2 is 1.26 bits per heavy atom. The second-order valence-corrected chi connectivity index (χ2v) is 9.46. The number of nitrogen functional groups attached to an aromatic ring is 1. The largest absolute Gasteiger partial charge is 0.423 e. The van der Waals surface area contributed by atoms with Crippen LogP contribution < -0.4 is 11.1 Å². The highest BCUT2D eigenvalue weighted by atomic mass is 16.7. The van der Waals surface area contributed by atoms with Crippen molar-refractivity contribution < 1.29 is 50.3 Å². The van der Waals surface area contributed by atoms with Gasteiger partial charge in [0.05, 0.1) is 2.74 Å². The van der Waals surface area contributed by atoms with Crippen molar-refractivity contribution in [2.24, 2.45) is 0 Å². The average molecular weight is 605 g/mol. The van der Waals surface area contributed by atoms with E-state index in [1.165, 1.54) is 27.7 Å². The van der Waals surface area contributed by atoms with Gasteiger partial charge in [-0.2, -0.15) is 0 Å². The molecule has 4 rings (SSSR count). The van der Waals surface area contributed by atoms with E-state index in [-0.39, 0.29) is 12.6 Å². The van der Waals surface area contributed by atoms with Crippen molar-refractivity contribution in [2.45, 2.75) is 72.7 Å². The minimum Gasteiger partial charge on any atom is -0.423 e. The maximum atomic E-state index is 11.7. The standard InChI is InChI=1S/C13H13NO4.C6H7N.C6H8O4.C6H14O2/c1-13(2)17-11(15)10(12(16)18-13)8-14-9-6-4-3-5-7-9;7-6-4-2-1-3-5-6;1-6(2)9-4(7)3-5(8)10-6;1-4-7-6(3)8-5-2/h3-8,14H,1-2H3;1-5H,7H2;3H2,1-2H3;6H,4-5H2,1-3H3/i8D;;;6D. The van der Waals surface area contributed by atoms with E-state index in [4.69, 9.17) is 27.4 Å². The molecule has 0 amide bonds. The number of carbonyl (C=O) groups excluding carboxylic acids is 4. The summed E-state index contributed by atoms with van der Waals surface area (Å²) < 4.78 is 44.0. The third kappa shape index (κ3) is 16.0. The number of nitrogens with one attached hydrogen (secondary N) is 1. The summed E-state index contributed by atoms with van der Waals surface area (Å²) in [6.07, 6.45) is -1.77. The van der Waals surface area contributed by atoms with Crippen molar-refractivity contribution >= 4 is 35.3 Å². The average Bonchev–Trinajstić information content (AvgIpc) is 2.88. The molecule has 2 fully saturated rings. The second kappa shape index (κ2) is 18.2. The van der Waals surface area contributed by atoms with Gasteiger partial charge in [-0.15, -0.1) is 0 Å². The summed E-state index contributed by atoms with van der Waals surface area (Å²) in [4.78, 5) is 44.6. The molecule has 0 spiro atoms. The first kappa shape index (κ1) is 33.1. The number of hydrogen-bond donors (Lipinski definition) is 2. The van der Waals surface area contributed by atoms with Gasteiger partial charge in [0.25, 0.3) is 11.6 Å². The zero-order valence-electron chi connectivity index (χ0n) is 27.6. The van der Waals surface area contributed by atoms with Gasteiger partial charge in [0.2, 0.25) is 0 Å². The minimum absolute atomic E-state index is 0.274. The number of nitrogens with two attached hydrogens (primary N) is 1. The Labute approximate surface area is 255 Å². The molecule has 2 aliphatic heterocycles. The number of esters is 4. The lowest BCUT2D eigenvalue weighted by atomic mass is 10.2. The zero-order chi connectivity index (χ0) is 34.3. The van der Waals surface area contributed by atoms with E-state index in [1.54, 1.807) is 31.2 Å². The molecule has 2 aliphatic rings. The van der Waals surface area contributed by atoms with Crippen molar-refractivity contribution in [1.82, 2.24) is 0 Å². The molecule has 3 N–H and O–H groups in total. The normalized spacial score (nSPS) is 17.1. The summed E-state index contributed by atoms with van der Waals surface area (Å²) in [7, 11) is 0. The van der Waals surface area contributed by atoms with Gasteiger partial charge >= 0.3 is 23.9 Å². The molecule has 0 saturated carbocycles. The predicted molar refractivity (Wildman–Crippen MR) is 159 cm³/mol. The third-order valence-electron chi connectivity index (χ3n) is 4.69. The van der Waals surface area contributed by atoms with Crippen molar-refractivity contribution in [3.8, 4) is 0 Å². The van der Waals surface area contributed by atoms with E-state index in [0.717, 1.165) is 5.69 Å². The molecular weight excluding hydrogens is 560 g/mol. The molecular formula is C31H42N2O10. The lowest BCUT2D eigenvalue weighted by molar-refractivity contribution is -0.231. The molecule has 0 unspecified atom stereocenters. The Balaban J connectivity index is 0.000000329. The smallest absolute Gasteiger partial charge is 0.350 e. The van der Waals surface area contributed by atoms with Crippen LogP contribution in [0.5, 0.6) is 0 Å². The fraction of sp³-hybridized carbons (Fsp3) is 0.419. The van der Waals surface area contributed by atoms with Crippen molar-refractivity contribution in [2.75, 3.05) is 24.3 Å². The van der Waals surface area contributed by atoms with Crippen molar-refractivity contribution in [1.29, 1.82) is 0 Å². The molecule has 0 atom stereocenters. The first-order valence-electron chi connectivity index (χ1n) is 14.4. The molecule has 12 heteroatoms. The van der Waals surface area contributed by atoms with Crippen LogP contribution in [-0.4, -0.2) is 54.9 Å². The molecule has 2 aromatic rings. The quantitative estimate of drug-likeness (QED) is 0.117. The highest BCUT2D eigenvalue weighted by molar-refractivity contribution is 6.15. The number of carbonyl (C=O) groups is 4. The molecule has 0 aromatic heterocycles. The van der Waals surface area contributed by atoms with E-state index in [9.17, 15) is 19.2 Å². The van der Waals surface area contributed by atoms with E-state index in [2.05, 4.69) is 14.8 Å². The van der Waals surface area contributed by atoms with Gasteiger partial charge in [0, 0.05) is 58.5 Å². The number of benzene rings is 2. The third-order valence-corrected chi connectivity index (χ3v) is 4.69. The van der Waals surface area contributed by atoms with Crippen molar-refractivity contribution in [3.63, 3.8) is 0 Å². The Kier molecular flexibility index (Phi) is 14.0. The van der Waals surface area contributed by atoms with E-state index in [0.29, 0.717) is 18.9 Å². The molecule has 2 saturated heterocycles. The van der Waals surface area contributed by atoms with Crippen LogP contribution in [0.2, 0.25) is 0 Å². The maximum Gasteiger partial charge on any atom is 0.350 e. The summed E-state index contributed by atoms with van der Waals surface area (Å²) in [6, 6.07) is 18.2. The fourth-order valence-corrected chi connectivity index (χ4v) is 3.07. The summed E-state index contributed by atoms with van der Waals surface area (Å²) in [5, 5.41) is 2.64. The highest BCUT2D eigenvalue weighted by Gasteiger charge is 2.39. The Hall–Kier alpha value is -4.42. The van der Waals surface area contributed by atoms with Gasteiger partial charge in [-0.3, -0.25) is 9.59 Å². The number of para-hydroxylation sites is 2. The molecule has 2 aromatic carbocycles. The van der Waals surface area contributed by atoms with Crippen LogP contribution in [0.3, 0.4) is 0 Å². The van der Waals surface area contributed by atoms with Crippen LogP contribution >= 0.6 is 0 Å². The molecule has 0 aliphatic carbocycles. The monoisotopic (exact) mass is 604 g/mol. The Morgan fingerprint density at radius 3 is 1.63 bits per heavy atom. The number of rotatable bonds is 6. The molecule has 43 heavy (non-hydrogen) atoms. The maximum absolute atomic E-state index is 11.7. The van der Waals surface area contributed by atoms with Crippen LogP contribution in [0.4, 0.5) is 11.4 Å². The molecule has 12 nitrogen and oxygen atoms in total. The number of ether oxygens (including phenoxy) is 6. The van der Waals surface area contributed by atoms with Crippen molar-refractivity contribution in [3.05, 3.63) is 72.4 Å². The Morgan fingerprint density at radius 1 is 0.837 bits per heavy atom. The number of cyclic esters (lactones) is 4. The van der Waals surface area contributed by atoms with E-state index >= 15 is 0 Å². The predicted octanol–water partition coefficient (Wildman–Crippen LogP) is 4.71. The zero-order valence-corrected chi connectivity index (χ0v) is 25.6. The number of anilines is 2. The minimum atomic E-state index is -1.30. The first-order chi connectivity index (χ1) is 20.9. The van der Waals surface area contributed by atoms with Crippen LogP contribution in [0.15, 0.2) is 72.4 Å². The highest BCUT2D eigenvalue weighted by Crippen LogP contribution is 2.22. The van der Waals surface area contributed by atoms with Gasteiger partial charge in [-0.1, -0.05) is 36.4 Å². The van der Waals surface area contributed by atoms with E-state index < -0.39 is 47.3 Å². The van der Waals surface area contributed by atoms with Crippen LogP contribution in [0.1, 0.15) is 57.6 Å². The summed E-state index contributed by atoms with van der Waals surface area (Å²) >= 11 is 0. The summed E-state index contributed by atoms with van der Waals surface area (Å²) in [5.41, 5.74) is 6.33. The Bertz CT molecular complexity index is 1250. The molecule has 0 radical (unpaired) electrons. The van der Waals surface area contributed by atoms with Gasteiger partial charge in [0.1, 0.15) is 6.42 Å². The van der Waals surface area contributed by atoms with Crippen LogP contribution in [0, 0.1) is 0 Å². The van der Waals surface area contributed by atoms with Crippen LogP contribution in [0.25, 0.3) is 0 Å². The SMILES string of the molecule is CC1(C)OC(=O)CC(=O)O1.Nc1ccccc1.[2H]C(C)(OCC)OCC.[2H]C(Nc1ccccc1)=C1C(=O)OC(C)(C)OC1=O. The second-order valence-electron chi connectivity index (χ2n) is 9.46. The van der Waals surface area contributed by atoms with Gasteiger partial charge in [0.15, 0.2) is 11.8 Å². The molecule has 0 bridgehead atoms. The lowest BCUT2D eigenvalue weighted by Crippen LogP contribution is -2.42. The summed E-state index contributed by atoms with van der Waals surface area (Å²) in [5.74, 6) is -5.16. The summed E-state index contributed by atoms with van der Waals surface area (Å²) in [6.45, 7) is 12.2. The molecule has 2 heterocycles. The van der Waals surface area contributed by atoms with Gasteiger partial charge in [-0.25, -0.2) is 9.59 Å². The van der Waals surface area contributed by atoms with Crippen LogP contribution in [-0.2, 0) is 47.6 Å². The first-order valence-corrected chi connectivity index (χ1v) is 13.4. The lowest BCUT2D eigenvalue weighted by Gasteiger charge is -2.29. The fourth-order valence-electron chi connectivity index (χ4n) is 3.07. The number of hydrogen-bond acceptors (Lipinski definition) is 12. The topological polar surface area (TPSA) is 162 Å². The van der Waals surface area contributed by atoms with Gasteiger partial charge < -0.3 is 39.5 Å². The molecule has 236 valence electrons. The van der Waals surface area contributed by atoms with Gasteiger partial charge in [-0.05, 0) is 45.0 Å². The van der Waals surface area contributed by atoms with E-state index in [1.807, 2.05) is 50.2 Å².